The van der Waals surface area contributed by atoms with Gasteiger partial charge >= 0.3 is 7.82 Å². The van der Waals surface area contributed by atoms with Crippen LogP contribution in [0.3, 0.4) is 0 Å². The maximum Gasteiger partial charge on any atom is 0.472 e. The zero-order valence-electron chi connectivity index (χ0n) is 11.4. The van der Waals surface area contributed by atoms with Crippen molar-refractivity contribution in [3.63, 3.8) is 0 Å². The summed E-state index contributed by atoms with van der Waals surface area (Å²) in [7, 11) is -3.81. The predicted molar refractivity (Wildman–Crippen MR) is 70.0 cm³/mol. The summed E-state index contributed by atoms with van der Waals surface area (Å²) in [5.74, 6) is 0. The van der Waals surface area contributed by atoms with E-state index in [1.807, 2.05) is 0 Å². The summed E-state index contributed by atoms with van der Waals surface area (Å²) in [6.07, 6.45) is 7.82. The van der Waals surface area contributed by atoms with Gasteiger partial charge in [0, 0.05) is 0 Å². The molecular formula is C12H27O4P. The van der Waals surface area contributed by atoms with Gasteiger partial charge in [0.25, 0.3) is 0 Å². The summed E-state index contributed by atoms with van der Waals surface area (Å²) in [5, 5.41) is 0. The number of phosphoric acid groups is 1. The van der Waals surface area contributed by atoms with Gasteiger partial charge in [0.2, 0.25) is 0 Å². The maximum absolute atomic E-state index is 11.3. The Balaban J connectivity index is 3.35. The fourth-order valence-corrected chi connectivity index (χ4v) is 2.49. The molecule has 0 saturated carbocycles. The van der Waals surface area contributed by atoms with Gasteiger partial charge in [-0.15, -0.1) is 0 Å². The number of phosphoric ester groups is 1. The molecule has 104 valence electrons. The fraction of sp³-hybridized carbons (Fsp3) is 1.00. The molecule has 0 aliphatic heterocycles. The van der Waals surface area contributed by atoms with Crippen LogP contribution in [-0.4, -0.2) is 17.6 Å². The Bertz CT molecular complexity index is 219. The molecule has 1 N–H and O–H groups in total. The first-order chi connectivity index (χ1) is 7.98. The topological polar surface area (TPSA) is 55.8 Å². The van der Waals surface area contributed by atoms with Crippen LogP contribution in [-0.2, 0) is 13.6 Å². The molecule has 0 aromatic carbocycles. The molecule has 0 aliphatic carbocycles. The largest absolute Gasteiger partial charge is 0.472 e. The zero-order chi connectivity index (χ0) is 13.1. The van der Waals surface area contributed by atoms with Crippen LogP contribution in [0.1, 0.15) is 65.7 Å². The lowest BCUT2D eigenvalue weighted by molar-refractivity contribution is 0.119. The minimum absolute atomic E-state index is 0.292. The lowest BCUT2D eigenvalue weighted by Crippen LogP contribution is -2.03. The van der Waals surface area contributed by atoms with Gasteiger partial charge in [-0.2, -0.15) is 0 Å². The van der Waals surface area contributed by atoms with Gasteiger partial charge in [-0.1, -0.05) is 45.4 Å². The van der Waals surface area contributed by atoms with E-state index in [2.05, 4.69) is 6.92 Å². The standard InChI is InChI=1S/C12H27O4P/c1-4-5-6-7-8-9-10-11-15-17(13,14)16-12(2)3/h12H,4-11H2,1-3H3,(H,13,14). The normalized spacial score (nSPS) is 15.1. The molecule has 0 spiro atoms. The van der Waals surface area contributed by atoms with Crippen LogP contribution in [0.5, 0.6) is 0 Å². The van der Waals surface area contributed by atoms with Crippen LogP contribution in [0.25, 0.3) is 0 Å². The molecule has 0 aliphatic rings. The maximum atomic E-state index is 11.3. The van der Waals surface area contributed by atoms with Crippen molar-refractivity contribution in [1.82, 2.24) is 0 Å². The van der Waals surface area contributed by atoms with Gasteiger partial charge in [0.05, 0.1) is 12.7 Å². The van der Waals surface area contributed by atoms with Crippen LogP contribution >= 0.6 is 7.82 Å². The second-order valence-electron chi connectivity index (χ2n) is 4.58. The molecule has 5 heteroatoms. The minimum Gasteiger partial charge on any atom is -0.302 e. The second kappa shape index (κ2) is 10.1. The molecule has 0 rings (SSSR count). The summed E-state index contributed by atoms with van der Waals surface area (Å²) in [5.41, 5.74) is 0. The van der Waals surface area contributed by atoms with Crippen LogP contribution < -0.4 is 0 Å². The highest BCUT2D eigenvalue weighted by molar-refractivity contribution is 7.47. The van der Waals surface area contributed by atoms with Crippen LogP contribution in [0.4, 0.5) is 0 Å². The minimum atomic E-state index is -3.81. The van der Waals surface area contributed by atoms with E-state index in [1.54, 1.807) is 13.8 Å². The average molecular weight is 266 g/mol. The van der Waals surface area contributed by atoms with Crippen LogP contribution in [0.15, 0.2) is 0 Å². The molecule has 4 nitrogen and oxygen atoms in total. The Morgan fingerprint density at radius 1 is 1.06 bits per heavy atom. The van der Waals surface area contributed by atoms with Crippen LogP contribution in [0.2, 0.25) is 0 Å². The van der Waals surface area contributed by atoms with E-state index >= 15 is 0 Å². The van der Waals surface area contributed by atoms with E-state index in [-0.39, 0.29) is 6.10 Å². The smallest absolute Gasteiger partial charge is 0.302 e. The first kappa shape index (κ1) is 17.1. The van der Waals surface area contributed by atoms with Crippen molar-refractivity contribution < 1.29 is 18.5 Å². The first-order valence-electron chi connectivity index (χ1n) is 6.63. The molecule has 1 atom stereocenters. The van der Waals surface area contributed by atoms with Crippen molar-refractivity contribution in [2.75, 3.05) is 6.61 Å². The highest BCUT2D eigenvalue weighted by Gasteiger charge is 2.21. The Morgan fingerprint density at radius 2 is 1.59 bits per heavy atom. The molecule has 0 bridgehead atoms. The third kappa shape index (κ3) is 12.4. The van der Waals surface area contributed by atoms with Gasteiger partial charge in [-0.25, -0.2) is 4.57 Å². The van der Waals surface area contributed by atoms with Crippen molar-refractivity contribution in [3.05, 3.63) is 0 Å². The van der Waals surface area contributed by atoms with Crippen LogP contribution in [0, 0.1) is 0 Å². The average Bonchev–Trinajstić information content (AvgIpc) is 2.20. The Morgan fingerprint density at radius 3 is 2.12 bits per heavy atom. The van der Waals surface area contributed by atoms with Gasteiger partial charge < -0.3 is 4.89 Å². The van der Waals surface area contributed by atoms with E-state index in [9.17, 15) is 9.46 Å². The SMILES string of the molecule is CCCCCCCCCOP(=O)(O)OC(C)C. The van der Waals surface area contributed by atoms with Crippen molar-refractivity contribution in [2.24, 2.45) is 0 Å². The van der Waals surface area contributed by atoms with E-state index in [1.165, 1.54) is 32.1 Å². The molecule has 0 radical (unpaired) electrons. The van der Waals surface area contributed by atoms with Gasteiger partial charge in [-0.05, 0) is 20.3 Å². The molecule has 0 aromatic heterocycles. The summed E-state index contributed by atoms with van der Waals surface area (Å²) in [4.78, 5) is 9.27. The van der Waals surface area contributed by atoms with E-state index < -0.39 is 7.82 Å². The fourth-order valence-electron chi connectivity index (χ4n) is 1.54. The summed E-state index contributed by atoms with van der Waals surface area (Å²) in [6, 6.07) is 0. The van der Waals surface area contributed by atoms with E-state index in [0.29, 0.717) is 6.61 Å². The summed E-state index contributed by atoms with van der Waals surface area (Å²) in [6.45, 7) is 5.91. The van der Waals surface area contributed by atoms with Crippen molar-refractivity contribution in [1.29, 1.82) is 0 Å². The molecule has 0 amide bonds. The highest BCUT2D eigenvalue weighted by atomic mass is 31.2. The number of hydrogen-bond donors (Lipinski definition) is 1. The third-order valence-electron chi connectivity index (χ3n) is 2.35. The van der Waals surface area contributed by atoms with Gasteiger partial charge in [0.15, 0.2) is 0 Å². The zero-order valence-corrected chi connectivity index (χ0v) is 12.2. The van der Waals surface area contributed by atoms with Crippen molar-refractivity contribution >= 4 is 7.82 Å². The lowest BCUT2D eigenvalue weighted by atomic mass is 10.1. The molecule has 17 heavy (non-hydrogen) atoms. The van der Waals surface area contributed by atoms with Gasteiger partial charge in [0.1, 0.15) is 0 Å². The molecule has 1 unspecified atom stereocenters. The van der Waals surface area contributed by atoms with Gasteiger partial charge in [-0.3, -0.25) is 9.05 Å². The van der Waals surface area contributed by atoms with E-state index in [4.69, 9.17) is 9.05 Å². The first-order valence-corrected chi connectivity index (χ1v) is 8.13. The van der Waals surface area contributed by atoms with Crippen molar-refractivity contribution in [2.45, 2.75) is 71.8 Å². The molecule has 0 fully saturated rings. The molecule has 0 aromatic rings. The van der Waals surface area contributed by atoms with Crippen molar-refractivity contribution in [3.8, 4) is 0 Å². The number of unbranched alkanes of at least 4 members (excludes halogenated alkanes) is 6. The third-order valence-corrected chi connectivity index (χ3v) is 3.54. The van der Waals surface area contributed by atoms with E-state index in [0.717, 1.165) is 12.8 Å². The predicted octanol–water partition coefficient (Wildman–Crippen LogP) is 4.28. The summed E-state index contributed by atoms with van der Waals surface area (Å²) < 4.78 is 21.0. The molecule has 0 saturated heterocycles. The number of hydrogen-bond acceptors (Lipinski definition) is 3. The highest BCUT2D eigenvalue weighted by Crippen LogP contribution is 2.44. The monoisotopic (exact) mass is 266 g/mol. The molecule has 0 heterocycles. The summed E-state index contributed by atoms with van der Waals surface area (Å²) >= 11 is 0. The quantitative estimate of drug-likeness (QED) is 0.448. The lowest BCUT2D eigenvalue weighted by Gasteiger charge is -2.14. The number of rotatable bonds is 11. The Labute approximate surface area is 105 Å². The Hall–Kier alpha value is 0.110. The molecular weight excluding hydrogens is 239 g/mol. The Kier molecular flexibility index (Phi) is 10.1. The second-order valence-corrected chi connectivity index (χ2v) is 5.98.